The van der Waals surface area contributed by atoms with E-state index in [9.17, 15) is 0 Å². The summed E-state index contributed by atoms with van der Waals surface area (Å²) in [5, 5.41) is 20.2. The van der Waals surface area contributed by atoms with Gasteiger partial charge in [-0.1, -0.05) is 12.1 Å². The number of ether oxygens (including phenoxy) is 1. The van der Waals surface area contributed by atoms with E-state index < -0.39 is 0 Å². The highest BCUT2D eigenvalue weighted by atomic mass is 16.5. The van der Waals surface area contributed by atoms with E-state index in [-0.39, 0.29) is 12.5 Å². The summed E-state index contributed by atoms with van der Waals surface area (Å²) in [4.78, 5) is 0. The lowest BCUT2D eigenvalue weighted by Gasteiger charge is -2.07. The van der Waals surface area contributed by atoms with Gasteiger partial charge < -0.3 is 10.1 Å². The standard InChI is InChI=1S/C13H15N3O/c1-11(8-15)9-16-10-12-3-2-4-13(7-12)17-6-5-14/h2-4,7,11,16H,6,9-10H2,1H3. The Kier molecular flexibility index (Phi) is 5.57. The minimum absolute atomic E-state index is 0.00743. The Morgan fingerprint density at radius 3 is 2.94 bits per heavy atom. The second-order valence-electron chi connectivity index (χ2n) is 3.76. The van der Waals surface area contributed by atoms with Crippen LogP contribution >= 0.6 is 0 Å². The Hall–Kier alpha value is -2.04. The molecular weight excluding hydrogens is 214 g/mol. The van der Waals surface area contributed by atoms with E-state index in [1.54, 1.807) is 0 Å². The number of hydrogen-bond donors (Lipinski definition) is 1. The van der Waals surface area contributed by atoms with Crippen LogP contribution in [0.5, 0.6) is 5.75 Å². The van der Waals surface area contributed by atoms with Crippen LogP contribution in [0.15, 0.2) is 24.3 Å². The molecule has 0 saturated carbocycles. The van der Waals surface area contributed by atoms with E-state index >= 15 is 0 Å². The van der Waals surface area contributed by atoms with Gasteiger partial charge in [-0.3, -0.25) is 0 Å². The molecule has 0 aliphatic rings. The zero-order valence-corrected chi connectivity index (χ0v) is 9.81. The van der Waals surface area contributed by atoms with E-state index in [1.165, 1.54) is 0 Å². The molecule has 0 fully saturated rings. The van der Waals surface area contributed by atoms with Gasteiger partial charge in [0, 0.05) is 13.1 Å². The first-order valence-electron chi connectivity index (χ1n) is 5.45. The Bertz CT molecular complexity index is 431. The van der Waals surface area contributed by atoms with Crippen molar-refractivity contribution in [2.24, 2.45) is 5.92 Å². The van der Waals surface area contributed by atoms with E-state index in [2.05, 4.69) is 11.4 Å². The molecule has 0 aliphatic carbocycles. The molecule has 1 atom stereocenters. The van der Waals surface area contributed by atoms with Gasteiger partial charge in [0.2, 0.25) is 0 Å². The summed E-state index contributed by atoms with van der Waals surface area (Å²) >= 11 is 0. The van der Waals surface area contributed by atoms with Gasteiger partial charge in [0.1, 0.15) is 11.8 Å². The van der Waals surface area contributed by atoms with Gasteiger partial charge in [-0.25, -0.2) is 0 Å². The average Bonchev–Trinajstić information content (AvgIpc) is 2.36. The number of nitrogens with one attached hydrogen (secondary N) is 1. The van der Waals surface area contributed by atoms with Crippen molar-refractivity contribution >= 4 is 0 Å². The van der Waals surface area contributed by atoms with Crippen LogP contribution in [-0.2, 0) is 6.54 Å². The summed E-state index contributed by atoms with van der Waals surface area (Å²) in [7, 11) is 0. The van der Waals surface area contributed by atoms with Crippen LogP contribution in [0.3, 0.4) is 0 Å². The fourth-order valence-corrected chi connectivity index (χ4v) is 1.34. The molecule has 1 unspecified atom stereocenters. The minimum atomic E-state index is 0.00743. The maximum Gasteiger partial charge on any atom is 0.174 e. The van der Waals surface area contributed by atoms with Gasteiger partial charge in [0.25, 0.3) is 0 Å². The van der Waals surface area contributed by atoms with Crippen LogP contribution in [0.2, 0.25) is 0 Å². The molecule has 1 rings (SSSR count). The minimum Gasteiger partial charge on any atom is -0.479 e. The molecule has 0 aliphatic heterocycles. The van der Waals surface area contributed by atoms with Crippen LogP contribution in [0, 0.1) is 28.6 Å². The first kappa shape index (κ1) is 13.0. The van der Waals surface area contributed by atoms with E-state index in [0.717, 1.165) is 5.56 Å². The highest BCUT2D eigenvalue weighted by Crippen LogP contribution is 2.12. The van der Waals surface area contributed by atoms with Crippen molar-refractivity contribution in [2.45, 2.75) is 13.5 Å². The third-order valence-corrected chi connectivity index (χ3v) is 2.20. The molecule has 0 bridgehead atoms. The first-order valence-corrected chi connectivity index (χ1v) is 5.45. The van der Waals surface area contributed by atoms with Gasteiger partial charge in [-0.15, -0.1) is 0 Å². The smallest absolute Gasteiger partial charge is 0.174 e. The summed E-state index contributed by atoms with van der Waals surface area (Å²) in [6.45, 7) is 3.29. The molecule has 0 heterocycles. The van der Waals surface area contributed by atoms with E-state index in [0.29, 0.717) is 18.8 Å². The number of rotatable bonds is 6. The number of nitriles is 2. The quantitative estimate of drug-likeness (QED) is 0.808. The molecule has 0 spiro atoms. The molecule has 1 aromatic rings. The predicted molar refractivity (Wildman–Crippen MR) is 64.0 cm³/mol. The molecule has 0 amide bonds. The molecule has 4 heteroatoms. The van der Waals surface area contributed by atoms with Crippen molar-refractivity contribution in [1.29, 1.82) is 10.5 Å². The molecule has 1 N–H and O–H groups in total. The van der Waals surface area contributed by atoms with Gasteiger partial charge in [0.05, 0.1) is 12.0 Å². The lowest BCUT2D eigenvalue weighted by molar-refractivity contribution is 0.367. The second-order valence-corrected chi connectivity index (χ2v) is 3.76. The number of benzene rings is 1. The van der Waals surface area contributed by atoms with Crippen LogP contribution in [0.1, 0.15) is 12.5 Å². The van der Waals surface area contributed by atoms with Gasteiger partial charge in [0.15, 0.2) is 6.61 Å². The fraction of sp³-hybridized carbons (Fsp3) is 0.385. The summed E-state index contributed by atoms with van der Waals surface area (Å²) in [6.07, 6.45) is 0. The van der Waals surface area contributed by atoms with Crippen molar-refractivity contribution in [3.63, 3.8) is 0 Å². The third kappa shape index (κ3) is 5.01. The summed E-state index contributed by atoms with van der Waals surface area (Å²) in [5.41, 5.74) is 1.07. The summed E-state index contributed by atoms with van der Waals surface area (Å²) < 4.78 is 5.20. The highest BCUT2D eigenvalue weighted by molar-refractivity contribution is 5.28. The van der Waals surface area contributed by atoms with E-state index in [1.807, 2.05) is 37.3 Å². The number of nitrogens with zero attached hydrogens (tertiary/aromatic N) is 2. The maximum atomic E-state index is 8.63. The molecular formula is C13H15N3O. The van der Waals surface area contributed by atoms with Crippen molar-refractivity contribution in [3.05, 3.63) is 29.8 Å². The van der Waals surface area contributed by atoms with Crippen molar-refractivity contribution in [3.8, 4) is 17.9 Å². The fourth-order valence-electron chi connectivity index (χ4n) is 1.34. The van der Waals surface area contributed by atoms with Crippen LogP contribution in [0.4, 0.5) is 0 Å². The zero-order valence-electron chi connectivity index (χ0n) is 9.81. The molecule has 0 saturated heterocycles. The van der Waals surface area contributed by atoms with Gasteiger partial charge in [-0.2, -0.15) is 10.5 Å². The maximum absolute atomic E-state index is 8.63. The normalized spacial score (nSPS) is 11.2. The largest absolute Gasteiger partial charge is 0.479 e. The predicted octanol–water partition coefficient (Wildman–Crippen LogP) is 1.84. The monoisotopic (exact) mass is 229 g/mol. The van der Waals surface area contributed by atoms with Crippen LogP contribution in [0.25, 0.3) is 0 Å². The van der Waals surface area contributed by atoms with Crippen molar-refractivity contribution in [2.75, 3.05) is 13.2 Å². The molecule has 4 nitrogen and oxygen atoms in total. The lowest BCUT2D eigenvalue weighted by atomic mass is 10.2. The summed E-state index contributed by atoms with van der Waals surface area (Å²) in [6, 6.07) is 11.7. The molecule has 17 heavy (non-hydrogen) atoms. The molecule has 0 radical (unpaired) electrons. The molecule has 0 aromatic heterocycles. The van der Waals surface area contributed by atoms with Gasteiger partial charge >= 0.3 is 0 Å². The third-order valence-electron chi connectivity index (χ3n) is 2.20. The Balaban J connectivity index is 2.44. The van der Waals surface area contributed by atoms with Crippen LogP contribution in [-0.4, -0.2) is 13.2 Å². The van der Waals surface area contributed by atoms with Crippen LogP contribution < -0.4 is 10.1 Å². The average molecular weight is 229 g/mol. The molecule has 1 aromatic carbocycles. The Morgan fingerprint density at radius 1 is 1.41 bits per heavy atom. The number of hydrogen-bond acceptors (Lipinski definition) is 4. The Morgan fingerprint density at radius 2 is 2.24 bits per heavy atom. The summed E-state index contributed by atoms with van der Waals surface area (Å²) in [5.74, 6) is 0.701. The lowest BCUT2D eigenvalue weighted by Crippen LogP contribution is -2.19. The Labute approximate surface area is 101 Å². The van der Waals surface area contributed by atoms with Gasteiger partial charge in [-0.05, 0) is 24.6 Å². The topological polar surface area (TPSA) is 68.8 Å². The van der Waals surface area contributed by atoms with Crippen molar-refractivity contribution in [1.82, 2.24) is 5.32 Å². The zero-order chi connectivity index (χ0) is 12.5. The SMILES string of the molecule is CC(C#N)CNCc1cccc(OCC#N)c1. The second kappa shape index (κ2) is 7.27. The van der Waals surface area contributed by atoms with Crippen molar-refractivity contribution < 1.29 is 4.74 Å². The van der Waals surface area contributed by atoms with E-state index in [4.69, 9.17) is 15.3 Å². The first-order chi connectivity index (χ1) is 8.26. The highest BCUT2D eigenvalue weighted by Gasteiger charge is 2.00. The molecule has 88 valence electrons.